The van der Waals surface area contributed by atoms with E-state index in [1.54, 1.807) is 30.5 Å². The standard InChI is InChI=1S/C14H12Cl2N2O/c1-9(10-4-6-11(15)7-5-10)18-14(19)12-3-2-8-17-13(12)16/h2-9H,1H3,(H,18,19). The third-order valence-corrected chi connectivity index (χ3v) is 3.27. The Morgan fingerprint density at radius 2 is 1.89 bits per heavy atom. The molecule has 98 valence electrons. The van der Waals surface area contributed by atoms with Gasteiger partial charge in [-0.25, -0.2) is 4.98 Å². The van der Waals surface area contributed by atoms with Crippen molar-refractivity contribution in [3.8, 4) is 0 Å². The van der Waals surface area contributed by atoms with Gasteiger partial charge in [0.15, 0.2) is 0 Å². The van der Waals surface area contributed by atoms with Crippen molar-refractivity contribution in [2.75, 3.05) is 0 Å². The molecule has 0 aliphatic rings. The van der Waals surface area contributed by atoms with E-state index in [4.69, 9.17) is 23.2 Å². The van der Waals surface area contributed by atoms with Crippen LogP contribution in [0.25, 0.3) is 0 Å². The molecule has 0 bridgehead atoms. The number of benzene rings is 1. The molecule has 3 nitrogen and oxygen atoms in total. The molecule has 1 aromatic carbocycles. The van der Waals surface area contributed by atoms with E-state index in [9.17, 15) is 4.79 Å². The van der Waals surface area contributed by atoms with Crippen LogP contribution in [0.4, 0.5) is 0 Å². The SMILES string of the molecule is CC(NC(=O)c1cccnc1Cl)c1ccc(Cl)cc1. The summed E-state index contributed by atoms with van der Waals surface area (Å²) in [6, 6.07) is 10.5. The normalized spacial score (nSPS) is 11.9. The second kappa shape index (κ2) is 6.04. The van der Waals surface area contributed by atoms with Crippen molar-refractivity contribution < 1.29 is 4.79 Å². The fourth-order valence-corrected chi connectivity index (χ4v) is 2.00. The first-order valence-electron chi connectivity index (χ1n) is 5.75. The molecule has 0 fully saturated rings. The molecule has 0 spiro atoms. The van der Waals surface area contributed by atoms with Crippen molar-refractivity contribution in [3.05, 3.63) is 63.9 Å². The maximum Gasteiger partial charge on any atom is 0.254 e. The van der Waals surface area contributed by atoms with Gasteiger partial charge in [-0.3, -0.25) is 4.79 Å². The Labute approximate surface area is 121 Å². The molecule has 5 heteroatoms. The molecule has 2 rings (SSSR count). The molecule has 1 heterocycles. The minimum absolute atomic E-state index is 0.138. The van der Waals surface area contributed by atoms with Crippen molar-refractivity contribution >= 4 is 29.1 Å². The number of hydrogen-bond acceptors (Lipinski definition) is 2. The van der Waals surface area contributed by atoms with Gasteiger partial charge in [-0.15, -0.1) is 0 Å². The van der Waals surface area contributed by atoms with Crippen LogP contribution in [-0.2, 0) is 0 Å². The van der Waals surface area contributed by atoms with Crippen LogP contribution in [0, 0.1) is 0 Å². The smallest absolute Gasteiger partial charge is 0.254 e. The van der Waals surface area contributed by atoms with Crippen LogP contribution in [0.3, 0.4) is 0 Å². The molecular weight excluding hydrogens is 283 g/mol. The summed E-state index contributed by atoms with van der Waals surface area (Å²) in [6.45, 7) is 1.89. The van der Waals surface area contributed by atoms with Crippen LogP contribution in [-0.4, -0.2) is 10.9 Å². The number of halogens is 2. The Kier molecular flexibility index (Phi) is 4.40. The largest absolute Gasteiger partial charge is 0.345 e. The highest BCUT2D eigenvalue weighted by molar-refractivity contribution is 6.32. The summed E-state index contributed by atoms with van der Waals surface area (Å²) in [4.78, 5) is 15.9. The van der Waals surface area contributed by atoms with Crippen LogP contribution in [0.15, 0.2) is 42.6 Å². The zero-order valence-electron chi connectivity index (χ0n) is 10.2. The fraction of sp³-hybridized carbons (Fsp3) is 0.143. The lowest BCUT2D eigenvalue weighted by Gasteiger charge is -2.14. The number of carbonyl (C=O) groups is 1. The second-order valence-electron chi connectivity index (χ2n) is 4.09. The maximum absolute atomic E-state index is 12.1. The van der Waals surface area contributed by atoms with Crippen LogP contribution in [0.2, 0.25) is 10.2 Å². The van der Waals surface area contributed by atoms with Crippen LogP contribution in [0.1, 0.15) is 28.9 Å². The number of hydrogen-bond donors (Lipinski definition) is 1. The first-order chi connectivity index (χ1) is 9.08. The second-order valence-corrected chi connectivity index (χ2v) is 4.88. The molecule has 1 aromatic heterocycles. The minimum Gasteiger partial charge on any atom is -0.345 e. The first-order valence-corrected chi connectivity index (χ1v) is 6.50. The summed E-state index contributed by atoms with van der Waals surface area (Å²) in [6.07, 6.45) is 1.54. The summed E-state index contributed by atoms with van der Waals surface area (Å²) in [5.41, 5.74) is 1.34. The molecule has 0 saturated carbocycles. The summed E-state index contributed by atoms with van der Waals surface area (Å²) in [5.74, 6) is -0.249. The molecule has 2 aromatic rings. The van der Waals surface area contributed by atoms with Crippen molar-refractivity contribution in [1.29, 1.82) is 0 Å². The molecule has 1 atom stereocenters. The van der Waals surface area contributed by atoms with E-state index in [2.05, 4.69) is 10.3 Å². The summed E-state index contributed by atoms with van der Waals surface area (Å²) < 4.78 is 0. The predicted molar refractivity (Wildman–Crippen MR) is 76.6 cm³/mol. The van der Waals surface area contributed by atoms with Gasteiger partial charge in [0, 0.05) is 11.2 Å². The number of pyridine rings is 1. The fourth-order valence-electron chi connectivity index (χ4n) is 1.66. The summed E-state index contributed by atoms with van der Waals surface area (Å²) in [5, 5.41) is 3.73. The minimum atomic E-state index is -0.249. The number of aromatic nitrogens is 1. The van der Waals surface area contributed by atoms with Gasteiger partial charge < -0.3 is 5.32 Å². The zero-order valence-corrected chi connectivity index (χ0v) is 11.7. The van der Waals surface area contributed by atoms with E-state index < -0.39 is 0 Å². The molecule has 0 saturated heterocycles. The van der Waals surface area contributed by atoms with Gasteiger partial charge in [-0.05, 0) is 36.8 Å². The molecule has 0 aliphatic carbocycles. The van der Waals surface area contributed by atoms with E-state index in [1.807, 2.05) is 19.1 Å². The van der Waals surface area contributed by atoms with Crippen molar-refractivity contribution in [2.24, 2.45) is 0 Å². The van der Waals surface area contributed by atoms with E-state index in [0.717, 1.165) is 5.56 Å². The van der Waals surface area contributed by atoms with Crippen molar-refractivity contribution in [3.63, 3.8) is 0 Å². The van der Waals surface area contributed by atoms with Crippen molar-refractivity contribution in [1.82, 2.24) is 10.3 Å². The van der Waals surface area contributed by atoms with Crippen molar-refractivity contribution in [2.45, 2.75) is 13.0 Å². The maximum atomic E-state index is 12.1. The number of carbonyl (C=O) groups excluding carboxylic acids is 1. The Morgan fingerprint density at radius 1 is 1.21 bits per heavy atom. The highest BCUT2D eigenvalue weighted by Gasteiger charge is 2.14. The van der Waals surface area contributed by atoms with E-state index >= 15 is 0 Å². The molecule has 0 radical (unpaired) electrons. The quantitative estimate of drug-likeness (QED) is 0.873. The van der Waals surface area contributed by atoms with Gasteiger partial charge in [0.2, 0.25) is 0 Å². The number of nitrogens with one attached hydrogen (secondary N) is 1. The topological polar surface area (TPSA) is 42.0 Å². The lowest BCUT2D eigenvalue weighted by Crippen LogP contribution is -2.27. The zero-order chi connectivity index (χ0) is 13.8. The van der Waals surface area contributed by atoms with Gasteiger partial charge >= 0.3 is 0 Å². The van der Waals surface area contributed by atoms with Gasteiger partial charge in [0.25, 0.3) is 5.91 Å². The lowest BCUT2D eigenvalue weighted by molar-refractivity contribution is 0.0939. The van der Waals surface area contributed by atoms with Gasteiger partial charge in [-0.1, -0.05) is 35.3 Å². The molecular formula is C14H12Cl2N2O. The Hall–Kier alpha value is -1.58. The highest BCUT2D eigenvalue weighted by atomic mass is 35.5. The third-order valence-electron chi connectivity index (χ3n) is 2.72. The van der Waals surface area contributed by atoms with E-state index in [-0.39, 0.29) is 17.1 Å². The first kappa shape index (κ1) is 13.8. The van der Waals surface area contributed by atoms with Crippen LogP contribution < -0.4 is 5.32 Å². The van der Waals surface area contributed by atoms with Gasteiger partial charge in [0.05, 0.1) is 11.6 Å². The van der Waals surface area contributed by atoms with Crippen LogP contribution in [0.5, 0.6) is 0 Å². The number of amides is 1. The lowest BCUT2D eigenvalue weighted by atomic mass is 10.1. The molecule has 19 heavy (non-hydrogen) atoms. The Bertz CT molecular complexity index is 584. The highest BCUT2D eigenvalue weighted by Crippen LogP contribution is 2.18. The number of nitrogens with zero attached hydrogens (tertiary/aromatic N) is 1. The predicted octanol–water partition coefficient (Wildman–Crippen LogP) is 3.88. The van der Waals surface area contributed by atoms with E-state index in [0.29, 0.717) is 10.6 Å². The summed E-state index contributed by atoms with van der Waals surface area (Å²) in [7, 11) is 0. The molecule has 1 amide bonds. The Morgan fingerprint density at radius 3 is 2.53 bits per heavy atom. The molecule has 1 unspecified atom stereocenters. The monoisotopic (exact) mass is 294 g/mol. The number of rotatable bonds is 3. The third kappa shape index (κ3) is 3.46. The Balaban J connectivity index is 2.11. The van der Waals surface area contributed by atoms with Crippen LogP contribution >= 0.6 is 23.2 Å². The van der Waals surface area contributed by atoms with Gasteiger partial charge in [-0.2, -0.15) is 0 Å². The average Bonchev–Trinajstić information content (AvgIpc) is 2.39. The summed E-state index contributed by atoms with van der Waals surface area (Å²) >= 11 is 11.7. The average molecular weight is 295 g/mol. The molecule has 0 aliphatic heterocycles. The molecule has 1 N–H and O–H groups in total. The van der Waals surface area contributed by atoms with E-state index in [1.165, 1.54) is 0 Å². The van der Waals surface area contributed by atoms with Gasteiger partial charge in [0.1, 0.15) is 5.15 Å².